The summed E-state index contributed by atoms with van der Waals surface area (Å²) in [7, 11) is 3.03. The highest BCUT2D eigenvalue weighted by atomic mass is 35.5. The van der Waals surface area contributed by atoms with Crippen LogP contribution in [0.25, 0.3) is 0 Å². The normalized spacial score (nSPS) is 16.7. The van der Waals surface area contributed by atoms with Crippen molar-refractivity contribution < 1.29 is 33.6 Å². The van der Waals surface area contributed by atoms with Gasteiger partial charge in [0.15, 0.2) is 23.0 Å². The van der Waals surface area contributed by atoms with Crippen molar-refractivity contribution in [3.63, 3.8) is 0 Å². The molecule has 2 unspecified atom stereocenters. The van der Waals surface area contributed by atoms with Crippen molar-refractivity contribution in [3.8, 4) is 23.0 Å². The summed E-state index contributed by atoms with van der Waals surface area (Å²) in [5.74, 6) is 0.487. The van der Waals surface area contributed by atoms with Gasteiger partial charge in [0.2, 0.25) is 0 Å². The summed E-state index contributed by atoms with van der Waals surface area (Å²) in [6.07, 6.45) is 0.800. The number of hydrogen-bond donors (Lipinski definition) is 2. The van der Waals surface area contributed by atoms with E-state index in [-0.39, 0.29) is 24.0 Å². The van der Waals surface area contributed by atoms with Gasteiger partial charge in [-0.25, -0.2) is 9.59 Å². The van der Waals surface area contributed by atoms with Crippen molar-refractivity contribution >= 4 is 23.7 Å². The van der Waals surface area contributed by atoms with Gasteiger partial charge in [0.1, 0.15) is 11.6 Å². The highest BCUT2D eigenvalue weighted by Gasteiger charge is 2.37. The molecule has 2 N–H and O–H groups in total. The first-order valence-electron chi connectivity index (χ1n) is 14.2. The van der Waals surface area contributed by atoms with Crippen molar-refractivity contribution in [1.29, 1.82) is 0 Å². The Kier molecular flexibility index (Phi) is 8.76. The van der Waals surface area contributed by atoms with E-state index in [9.17, 15) is 14.7 Å². The molecular formula is C33H37ClN2O7. The van der Waals surface area contributed by atoms with Gasteiger partial charge in [-0.2, -0.15) is 0 Å². The van der Waals surface area contributed by atoms with Crippen LogP contribution in [-0.2, 0) is 35.3 Å². The molecule has 0 spiro atoms. The Labute approximate surface area is 256 Å². The molecule has 228 valence electrons. The molecule has 3 aromatic rings. The highest BCUT2D eigenvalue weighted by Crippen LogP contribution is 2.48. The lowest BCUT2D eigenvalue weighted by atomic mass is 9.83. The van der Waals surface area contributed by atoms with E-state index in [0.717, 1.165) is 40.8 Å². The van der Waals surface area contributed by atoms with E-state index >= 15 is 0 Å². The molecular weight excluding hydrogens is 572 g/mol. The van der Waals surface area contributed by atoms with Gasteiger partial charge >= 0.3 is 12.1 Å². The summed E-state index contributed by atoms with van der Waals surface area (Å²) >= 11 is 6.79. The minimum absolute atomic E-state index is 0.0258. The van der Waals surface area contributed by atoms with Crippen LogP contribution in [0.2, 0.25) is 5.02 Å². The Morgan fingerprint density at radius 3 is 2.47 bits per heavy atom. The third-order valence-corrected chi connectivity index (χ3v) is 8.09. The molecule has 43 heavy (non-hydrogen) atoms. The molecule has 9 nitrogen and oxygen atoms in total. The number of esters is 1. The van der Waals surface area contributed by atoms with Crippen LogP contribution in [0, 0.1) is 0 Å². The number of phenolic OH excluding ortho intramolecular Hbond substituents is 1. The molecule has 0 fully saturated rings. The molecule has 0 radical (unpaired) electrons. The van der Waals surface area contributed by atoms with Gasteiger partial charge in [0.05, 0.1) is 14.2 Å². The zero-order valence-electron chi connectivity index (χ0n) is 25.0. The summed E-state index contributed by atoms with van der Waals surface area (Å²) in [6, 6.07) is 13.6. The van der Waals surface area contributed by atoms with Crippen molar-refractivity contribution in [3.05, 3.63) is 81.4 Å². The maximum Gasteiger partial charge on any atom is 0.408 e. The Balaban J connectivity index is 1.47. The van der Waals surface area contributed by atoms with Gasteiger partial charge in [-0.15, -0.1) is 0 Å². The minimum atomic E-state index is -1.02. The van der Waals surface area contributed by atoms with E-state index in [4.69, 9.17) is 30.5 Å². The lowest BCUT2D eigenvalue weighted by molar-refractivity contribution is -0.137. The minimum Gasteiger partial charge on any atom is -0.504 e. The third-order valence-electron chi connectivity index (χ3n) is 7.76. The number of amides is 1. The van der Waals surface area contributed by atoms with Crippen molar-refractivity contribution in [2.24, 2.45) is 0 Å². The number of phenols is 1. The molecule has 0 saturated heterocycles. The van der Waals surface area contributed by atoms with Crippen LogP contribution < -0.4 is 19.5 Å². The number of fused-ring (bicyclic) bond motifs is 4. The lowest BCUT2D eigenvalue weighted by Crippen LogP contribution is -2.46. The number of hydrogen-bond acceptors (Lipinski definition) is 8. The smallest absolute Gasteiger partial charge is 0.408 e. The molecule has 10 heteroatoms. The number of ether oxygens (including phenoxy) is 4. The number of nitrogens with zero attached hydrogens (tertiary/aromatic N) is 1. The number of halogens is 1. The maximum atomic E-state index is 13.8. The molecule has 0 bridgehead atoms. The number of nitrogens with one attached hydrogen (secondary N) is 1. The summed E-state index contributed by atoms with van der Waals surface area (Å²) in [5.41, 5.74) is 3.84. The number of carbonyl (C=O) groups excluding carboxylic acids is 2. The average molecular weight is 609 g/mol. The van der Waals surface area contributed by atoms with Gasteiger partial charge in [-0.1, -0.05) is 41.9 Å². The van der Waals surface area contributed by atoms with E-state index in [1.807, 2.05) is 36.4 Å². The molecule has 5 rings (SSSR count). The molecule has 2 atom stereocenters. The van der Waals surface area contributed by atoms with Crippen LogP contribution >= 0.6 is 11.6 Å². The predicted octanol–water partition coefficient (Wildman–Crippen LogP) is 5.76. The second-order valence-corrected chi connectivity index (χ2v) is 12.2. The number of carbonyl (C=O) groups is 2. The number of aromatic hydroxyl groups is 1. The third kappa shape index (κ3) is 6.68. The Hall–Kier alpha value is -3.95. The highest BCUT2D eigenvalue weighted by molar-refractivity contribution is 6.31. The van der Waals surface area contributed by atoms with Gasteiger partial charge in [0.25, 0.3) is 0 Å². The SMILES string of the molecule is COc1cc2c(cc1O)C1Cc3c(Cl)cc(OC)c(OC(=O)C(Cc4ccccc4)NC(=O)OC(C)(C)C)c3CN1CC2. The fourth-order valence-corrected chi connectivity index (χ4v) is 6.06. The van der Waals surface area contributed by atoms with Gasteiger partial charge in [-0.05, 0) is 68.0 Å². The van der Waals surface area contributed by atoms with Crippen molar-refractivity contribution in [1.82, 2.24) is 10.2 Å². The van der Waals surface area contributed by atoms with Crippen LogP contribution in [0.1, 0.15) is 54.6 Å². The molecule has 2 aliphatic heterocycles. The van der Waals surface area contributed by atoms with Gasteiger partial charge in [-0.3, -0.25) is 4.90 Å². The first kappa shape index (κ1) is 30.5. The second kappa shape index (κ2) is 12.3. The Morgan fingerprint density at radius 2 is 1.79 bits per heavy atom. The summed E-state index contributed by atoms with van der Waals surface area (Å²) in [4.78, 5) is 28.8. The Bertz CT molecular complexity index is 1520. The van der Waals surface area contributed by atoms with Crippen LogP contribution in [0.4, 0.5) is 4.79 Å². The first-order chi connectivity index (χ1) is 20.5. The van der Waals surface area contributed by atoms with Crippen LogP contribution in [0.3, 0.4) is 0 Å². The van der Waals surface area contributed by atoms with Crippen molar-refractivity contribution in [2.75, 3.05) is 20.8 Å². The number of rotatable bonds is 7. The van der Waals surface area contributed by atoms with E-state index in [1.165, 1.54) is 14.2 Å². The van der Waals surface area contributed by atoms with E-state index in [1.54, 1.807) is 32.9 Å². The number of benzene rings is 3. The van der Waals surface area contributed by atoms with Gasteiger partial charge in [0, 0.05) is 42.2 Å². The molecule has 2 heterocycles. The predicted molar refractivity (Wildman–Crippen MR) is 162 cm³/mol. The monoisotopic (exact) mass is 608 g/mol. The lowest BCUT2D eigenvalue weighted by Gasteiger charge is -2.42. The fraction of sp³-hybridized carbons (Fsp3) is 0.394. The van der Waals surface area contributed by atoms with E-state index in [2.05, 4.69) is 10.2 Å². The summed E-state index contributed by atoms with van der Waals surface area (Å²) in [5, 5.41) is 13.7. The summed E-state index contributed by atoms with van der Waals surface area (Å²) < 4.78 is 22.5. The van der Waals surface area contributed by atoms with Crippen LogP contribution in [0.15, 0.2) is 48.5 Å². The van der Waals surface area contributed by atoms with Crippen LogP contribution in [-0.4, -0.2) is 54.5 Å². The van der Waals surface area contributed by atoms with E-state index < -0.39 is 23.7 Å². The molecule has 0 saturated carbocycles. The maximum absolute atomic E-state index is 13.8. The average Bonchev–Trinajstić information content (AvgIpc) is 2.96. The second-order valence-electron chi connectivity index (χ2n) is 11.8. The molecule has 1 amide bonds. The molecule has 0 aromatic heterocycles. The van der Waals surface area contributed by atoms with E-state index in [0.29, 0.717) is 29.5 Å². The fourth-order valence-electron chi connectivity index (χ4n) is 5.77. The largest absolute Gasteiger partial charge is 0.504 e. The molecule has 2 aliphatic rings. The number of methoxy groups -OCH3 is 2. The molecule has 3 aromatic carbocycles. The van der Waals surface area contributed by atoms with Crippen molar-refractivity contribution in [2.45, 2.75) is 64.3 Å². The first-order valence-corrected chi connectivity index (χ1v) is 14.6. The quantitative estimate of drug-likeness (QED) is 0.258. The summed E-state index contributed by atoms with van der Waals surface area (Å²) in [6.45, 7) is 6.48. The standard InChI is InChI=1S/C33H37ClN2O7/c1-33(2,3)43-32(39)35-25(13-19-9-7-6-8-10-19)31(38)42-30-23-18-36-12-11-20-14-28(40-4)27(37)16-21(20)26(36)15-22(23)24(34)17-29(30)41-5/h6-10,14,16-17,25-26,37H,11-13,15,18H2,1-5H3,(H,35,39). The topological polar surface area (TPSA) is 107 Å². The Morgan fingerprint density at radius 1 is 1.07 bits per heavy atom. The van der Waals surface area contributed by atoms with Gasteiger partial charge < -0.3 is 29.4 Å². The zero-order chi connectivity index (χ0) is 30.9. The zero-order valence-corrected chi connectivity index (χ0v) is 25.8. The molecule has 0 aliphatic carbocycles. The van der Waals surface area contributed by atoms with Crippen LogP contribution in [0.5, 0.6) is 23.0 Å². The number of alkyl carbamates (subject to hydrolysis) is 1.